The van der Waals surface area contributed by atoms with Crippen LogP contribution in [0.2, 0.25) is 0 Å². The molecule has 0 saturated heterocycles. The Labute approximate surface area is 493 Å². The second kappa shape index (κ2) is 68.1. The van der Waals surface area contributed by atoms with E-state index in [-0.39, 0.29) is 31.1 Å². The molecule has 464 valence electrons. The zero-order chi connectivity index (χ0) is 57.1. The summed E-state index contributed by atoms with van der Waals surface area (Å²) < 4.78 is 17.0. The molecule has 0 aromatic heterocycles. The zero-order valence-electron chi connectivity index (χ0n) is 53.4. The van der Waals surface area contributed by atoms with Gasteiger partial charge in [-0.15, -0.1) is 0 Å². The summed E-state index contributed by atoms with van der Waals surface area (Å²) in [6.45, 7) is 6.66. The number of carbonyl (C=O) groups excluding carboxylic acids is 3. The molecule has 0 heterocycles. The average molecular weight is 1110 g/mol. The molecule has 0 aliphatic rings. The van der Waals surface area contributed by atoms with E-state index < -0.39 is 6.10 Å². The minimum Gasteiger partial charge on any atom is -0.462 e. The summed E-state index contributed by atoms with van der Waals surface area (Å²) in [5, 5.41) is 0. The molecule has 0 spiro atoms. The molecule has 0 N–H and O–H groups in total. The van der Waals surface area contributed by atoms with Crippen LogP contribution in [0.1, 0.15) is 393 Å². The monoisotopic (exact) mass is 1110 g/mol. The van der Waals surface area contributed by atoms with E-state index in [0.717, 1.165) is 77.0 Å². The van der Waals surface area contributed by atoms with Crippen LogP contribution in [-0.4, -0.2) is 37.2 Å². The first-order valence-corrected chi connectivity index (χ1v) is 35.5. The molecular formula is C73H136O6. The van der Waals surface area contributed by atoms with Gasteiger partial charge in [0, 0.05) is 19.3 Å². The van der Waals surface area contributed by atoms with E-state index in [9.17, 15) is 14.4 Å². The lowest BCUT2D eigenvalue weighted by Gasteiger charge is -2.18. The first-order valence-electron chi connectivity index (χ1n) is 35.5. The van der Waals surface area contributed by atoms with Gasteiger partial charge in [0.1, 0.15) is 13.2 Å². The van der Waals surface area contributed by atoms with Gasteiger partial charge in [-0.3, -0.25) is 14.4 Å². The molecule has 6 nitrogen and oxygen atoms in total. The standard InChI is InChI=1S/C73H136O6/c1-4-7-10-13-16-19-22-25-28-30-32-34-35-36-37-38-40-41-43-45-48-51-54-57-60-63-66-72(75)78-69-70(68-77-71(74)65-62-59-56-53-50-47-27-24-21-18-15-12-9-6-3)79-73(76)67-64-61-58-55-52-49-46-44-42-39-33-31-29-26-23-20-17-14-11-8-5-2/h15,18,24,27,31,33,70H,4-14,16-17,19-23,25-26,28-30,32,34-69H2,1-3H3/b18-15-,27-24-,33-31-. The van der Waals surface area contributed by atoms with E-state index in [4.69, 9.17) is 14.2 Å². The highest BCUT2D eigenvalue weighted by atomic mass is 16.6. The van der Waals surface area contributed by atoms with Crippen molar-refractivity contribution in [2.75, 3.05) is 13.2 Å². The maximum Gasteiger partial charge on any atom is 0.306 e. The van der Waals surface area contributed by atoms with Gasteiger partial charge in [0.15, 0.2) is 6.10 Å². The number of unbranched alkanes of at least 4 members (excludes halogenated alkanes) is 49. The third-order valence-corrected chi connectivity index (χ3v) is 16.1. The highest BCUT2D eigenvalue weighted by Crippen LogP contribution is 2.19. The molecule has 0 aliphatic heterocycles. The van der Waals surface area contributed by atoms with Crippen molar-refractivity contribution in [1.29, 1.82) is 0 Å². The van der Waals surface area contributed by atoms with Crippen molar-refractivity contribution in [2.24, 2.45) is 0 Å². The Morgan fingerprint density at radius 1 is 0.253 bits per heavy atom. The van der Waals surface area contributed by atoms with Gasteiger partial charge in [0.2, 0.25) is 0 Å². The van der Waals surface area contributed by atoms with Crippen molar-refractivity contribution >= 4 is 17.9 Å². The number of allylic oxidation sites excluding steroid dienone is 6. The SMILES string of the molecule is CCCC/C=C\C/C=C\CCCCCCCC(=O)OCC(COC(=O)CCCCCCCCCCCCCCCCCCCCCCCCCCCC)OC(=O)CCCCCCCCCCC/C=C\CCCCCCCCCC. The van der Waals surface area contributed by atoms with Crippen molar-refractivity contribution in [3.63, 3.8) is 0 Å². The summed E-state index contributed by atoms with van der Waals surface area (Å²) in [5.41, 5.74) is 0. The molecule has 0 aromatic rings. The highest BCUT2D eigenvalue weighted by molar-refractivity contribution is 5.71. The number of hydrogen-bond donors (Lipinski definition) is 0. The van der Waals surface area contributed by atoms with Crippen LogP contribution in [-0.2, 0) is 28.6 Å². The first-order chi connectivity index (χ1) is 39.0. The van der Waals surface area contributed by atoms with Crippen LogP contribution in [0.5, 0.6) is 0 Å². The molecule has 1 atom stereocenters. The van der Waals surface area contributed by atoms with Crippen molar-refractivity contribution in [3.8, 4) is 0 Å². The van der Waals surface area contributed by atoms with Crippen molar-refractivity contribution in [2.45, 2.75) is 399 Å². The normalized spacial score (nSPS) is 12.2. The number of rotatable bonds is 66. The molecule has 0 radical (unpaired) electrons. The van der Waals surface area contributed by atoms with Crippen molar-refractivity contribution in [1.82, 2.24) is 0 Å². The van der Waals surface area contributed by atoms with Crippen molar-refractivity contribution < 1.29 is 28.6 Å². The van der Waals surface area contributed by atoms with Crippen LogP contribution in [0.15, 0.2) is 36.5 Å². The second-order valence-electron chi connectivity index (χ2n) is 24.1. The Bertz CT molecular complexity index is 1320. The fourth-order valence-corrected chi connectivity index (χ4v) is 10.8. The van der Waals surface area contributed by atoms with Gasteiger partial charge in [0.05, 0.1) is 0 Å². The minimum absolute atomic E-state index is 0.0729. The number of esters is 3. The molecule has 0 rings (SSSR count). The van der Waals surface area contributed by atoms with Crippen molar-refractivity contribution in [3.05, 3.63) is 36.5 Å². The van der Waals surface area contributed by atoms with Gasteiger partial charge in [0.25, 0.3) is 0 Å². The van der Waals surface area contributed by atoms with E-state index in [1.165, 1.54) is 276 Å². The second-order valence-corrected chi connectivity index (χ2v) is 24.1. The summed E-state index contributed by atoms with van der Waals surface area (Å²) >= 11 is 0. The van der Waals surface area contributed by atoms with Gasteiger partial charge in [-0.25, -0.2) is 0 Å². The van der Waals surface area contributed by atoms with Crippen LogP contribution in [0.3, 0.4) is 0 Å². The highest BCUT2D eigenvalue weighted by Gasteiger charge is 2.19. The molecule has 79 heavy (non-hydrogen) atoms. The van der Waals surface area contributed by atoms with Gasteiger partial charge in [-0.05, 0) is 70.6 Å². The lowest BCUT2D eigenvalue weighted by Crippen LogP contribution is -2.30. The fraction of sp³-hybridized carbons (Fsp3) is 0.877. The molecule has 0 amide bonds. The maximum absolute atomic E-state index is 12.9. The topological polar surface area (TPSA) is 78.9 Å². The van der Waals surface area contributed by atoms with Gasteiger partial charge in [-0.2, -0.15) is 0 Å². The molecule has 0 aromatic carbocycles. The fourth-order valence-electron chi connectivity index (χ4n) is 10.8. The molecule has 0 saturated carbocycles. The van der Waals surface area contributed by atoms with E-state index in [1.54, 1.807) is 0 Å². The Morgan fingerprint density at radius 3 is 0.747 bits per heavy atom. The Hall–Kier alpha value is -2.37. The molecule has 6 heteroatoms. The van der Waals surface area contributed by atoms with Crippen LogP contribution in [0.4, 0.5) is 0 Å². The summed E-state index contributed by atoms with van der Waals surface area (Å²) in [6, 6.07) is 0. The molecule has 0 fully saturated rings. The molecule has 0 bridgehead atoms. The third-order valence-electron chi connectivity index (χ3n) is 16.1. The average Bonchev–Trinajstić information content (AvgIpc) is 3.45. The summed E-state index contributed by atoms with van der Waals surface area (Å²) in [6.07, 6.45) is 84.6. The Kier molecular flexibility index (Phi) is 66.1. The van der Waals surface area contributed by atoms with Crippen LogP contribution >= 0.6 is 0 Å². The molecule has 1 unspecified atom stereocenters. The predicted octanol–water partition coefficient (Wildman–Crippen LogP) is 24.3. The molecular weight excluding hydrogens is 973 g/mol. The zero-order valence-corrected chi connectivity index (χ0v) is 53.4. The van der Waals surface area contributed by atoms with Crippen LogP contribution in [0, 0.1) is 0 Å². The van der Waals surface area contributed by atoms with Gasteiger partial charge in [-0.1, -0.05) is 340 Å². The maximum atomic E-state index is 12.9. The van der Waals surface area contributed by atoms with Crippen LogP contribution in [0.25, 0.3) is 0 Å². The van der Waals surface area contributed by atoms with E-state index in [1.807, 2.05) is 0 Å². The largest absolute Gasteiger partial charge is 0.462 e. The Morgan fingerprint density at radius 2 is 0.468 bits per heavy atom. The van der Waals surface area contributed by atoms with E-state index in [0.29, 0.717) is 19.3 Å². The third kappa shape index (κ3) is 66.3. The summed E-state index contributed by atoms with van der Waals surface area (Å²) in [5.74, 6) is -0.862. The Balaban J connectivity index is 4.24. The van der Waals surface area contributed by atoms with Crippen LogP contribution < -0.4 is 0 Å². The number of carbonyl (C=O) groups is 3. The lowest BCUT2D eigenvalue weighted by molar-refractivity contribution is -0.167. The smallest absolute Gasteiger partial charge is 0.306 e. The van der Waals surface area contributed by atoms with E-state index >= 15 is 0 Å². The number of hydrogen-bond acceptors (Lipinski definition) is 6. The molecule has 0 aliphatic carbocycles. The predicted molar refractivity (Wildman–Crippen MR) is 344 cm³/mol. The summed E-state index contributed by atoms with van der Waals surface area (Å²) in [7, 11) is 0. The minimum atomic E-state index is -0.778. The summed E-state index contributed by atoms with van der Waals surface area (Å²) in [4.78, 5) is 38.4. The van der Waals surface area contributed by atoms with Gasteiger partial charge >= 0.3 is 17.9 Å². The van der Waals surface area contributed by atoms with E-state index in [2.05, 4.69) is 57.2 Å². The quantitative estimate of drug-likeness (QED) is 0.0261. The van der Waals surface area contributed by atoms with Gasteiger partial charge < -0.3 is 14.2 Å². The lowest BCUT2D eigenvalue weighted by atomic mass is 10.0. The number of ether oxygens (including phenoxy) is 3. The first kappa shape index (κ1) is 76.6.